The summed E-state index contributed by atoms with van der Waals surface area (Å²) >= 11 is 0. The molecule has 2 rings (SSSR count). The van der Waals surface area contributed by atoms with Crippen LogP contribution in [0.2, 0.25) is 0 Å². The molecule has 1 heterocycles. The number of hydrogen-bond donors (Lipinski definition) is 3. The lowest BCUT2D eigenvalue weighted by Crippen LogP contribution is -2.37. The van der Waals surface area contributed by atoms with Crippen molar-refractivity contribution in [3.05, 3.63) is 29.8 Å². The molecule has 5 nitrogen and oxygen atoms in total. The van der Waals surface area contributed by atoms with Crippen LogP contribution in [0.25, 0.3) is 0 Å². The minimum Gasteiger partial charge on any atom is -0.370 e. The lowest BCUT2D eigenvalue weighted by atomic mass is 9.90. The third kappa shape index (κ3) is 5.18. The minimum atomic E-state index is 0. The molecule has 1 aromatic carbocycles. The van der Waals surface area contributed by atoms with Gasteiger partial charge in [0, 0.05) is 31.1 Å². The molecule has 4 N–H and O–H groups in total. The zero-order valence-electron chi connectivity index (χ0n) is 12.4. The maximum Gasteiger partial charge on any atom is 0.225 e. The van der Waals surface area contributed by atoms with Crippen molar-refractivity contribution < 1.29 is 4.79 Å². The van der Waals surface area contributed by atoms with Gasteiger partial charge in [-0.2, -0.15) is 0 Å². The summed E-state index contributed by atoms with van der Waals surface area (Å²) in [6, 6.07) is 7.88. The highest BCUT2D eigenvalue weighted by molar-refractivity contribution is 14.0. The minimum absolute atomic E-state index is 0. The molecule has 0 bridgehead atoms. The monoisotopic (exact) mass is 402 g/mol. The van der Waals surface area contributed by atoms with Crippen LogP contribution in [-0.2, 0) is 4.79 Å². The van der Waals surface area contributed by atoms with Gasteiger partial charge in [-0.05, 0) is 17.5 Å². The van der Waals surface area contributed by atoms with E-state index in [4.69, 9.17) is 5.73 Å². The van der Waals surface area contributed by atoms with Crippen molar-refractivity contribution >= 4 is 41.5 Å². The molecule has 1 aromatic rings. The highest BCUT2D eigenvalue weighted by Crippen LogP contribution is 2.31. The highest BCUT2D eigenvalue weighted by Gasteiger charge is 2.24. The Bertz CT molecular complexity index is 516. The van der Waals surface area contributed by atoms with E-state index in [2.05, 4.69) is 29.5 Å². The van der Waals surface area contributed by atoms with Gasteiger partial charge in [-0.3, -0.25) is 9.79 Å². The van der Waals surface area contributed by atoms with Crippen LogP contribution in [0.4, 0.5) is 5.69 Å². The predicted octanol–water partition coefficient (Wildman–Crippen LogP) is 2.29. The van der Waals surface area contributed by atoms with Crippen molar-refractivity contribution in [1.29, 1.82) is 0 Å². The van der Waals surface area contributed by atoms with Crippen molar-refractivity contribution in [2.75, 3.05) is 18.4 Å². The molecular formula is C15H23IN4O. The summed E-state index contributed by atoms with van der Waals surface area (Å²) in [6.07, 6.45) is 0.474. The van der Waals surface area contributed by atoms with Gasteiger partial charge in [0.2, 0.25) is 5.91 Å². The first kappa shape index (κ1) is 17.7. The summed E-state index contributed by atoms with van der Waals surface area (Å²) in [4.78, 5) is 16.0. The van der Waals surface area contributed by atoms with Gasteiger partial charge < -0.3 is 16.4 Å². The molecule has 0 aliphatic carbocycles. The zero-order valence-corrected chi connectivity index (χ0v) is 14.8. The highest BCUT2D eigenvalue weighted by atomic mass is 127. The zero-order chi connectivity index (χ0) is 14.5. The Hall–Kier alpha value is -1.31. The number of halogens is 1. The molecule has 1 unspecified atom stereocenters. The fraction of sp³-hybridized carbons (Fsp3) is 0.467. The summed E-state index contributed by atoms with van der Waals surface area (Å²) in [6.45, 7) is 5.52. The molecule has 1 aliphatic rings. The van der Waals surface area contributed by atoms with Gasteiger partial charge >= 0.3 is 0 Å². The molecule has 1 atom stereocenters. The molecule has 6 heteroatoms. The Morgan fingerprint density at radius 2 is 2.19 bits per heavy atom. The molecular weight excluding hydrogens is 379 g/mol. The summed E-state index contributed by atoms with van der Waals surface area (Å²) in [7, 11) is 0. The second kappa shape index (κ2) is 8.21. The molecule has 1 aliphatic heterocycles. The van der Waals surface area contributed by atoms with Crippen LogP contribution in [0.1, 0.15) is 31.7 Å². The summed E-state index contributed by atoms with van der Waals surface area (Å²) in [5.74, 6) is 1.11. The van der Waals surface area contributed by atoms with Crippen LogP contribution in [0.3, 0.4) is 0 Å². The van der Waals surface area contributed by atoms with Gasteiger partial charge in [-0.1, -0.05) is 32.0 Å². The van der Waals surface area contributed by atoms with E-state index in [-0.39, 0.29) is 35.8 Å². The number of hydrogen-bond acceptors (Lipinski definition) is 2. The lowest BCUT2D eigenvalue weighted by molar-refractivity contribution is -0.116. The van der Waals surface area contributed by atoms with Crippen molar-refractivity contribution in [2.45, 2.75) is 26.2 Å². The number of anilines is 1. The van der Waals surface area contributed by atoms with Crippen LogP contribution in [-0.4, -0.2) is 25.0 Å². The number of nitrogens with one attached hydrogen (secondary N) is 2. The van der Waals surface area contributed by atoms with E-state index in [9.17, 15) is 4.79 Å². The number of amides is 1. The van der Waals surface area contributed by atoms with Gasteiger partial charge in [0.1, 0.15) is 0 Å². The largest absolute Gasteiger partial charge is 0.370 e. The van der Waals surface area contributed by atoms with Crippen LogP contribution in [0.15, 0.2) is 29.3 Å². The quantitative estimate of drug-likeness (QED) is 0.411. The molecule has 0 aromatic heterocycles. The van der Waals surface area contributed by atoms with E-state index < -0.39 is 0 Å². The first-order valence-corrected chi connectivity index (χ1v) is 6.99. The fourth-order valence-corrected chi connectivity index (χ4v) is 2.25. The summed E-state index contributed by atoms with van der Waals surface area (Å²) < 4.78 is 0. The van der Waals surface area contributed by atoms with Gasteiger partial charge in [-0.15, -0.1) is 24.0 Å². The lowest BCUT2D eigenvalue weighted by Gasteiger charge is -2.25. The second-order valence-corrected chi connectivity index (χ2v) is 5.54. The molecule has 116 valence electrons. The summed E-state index contributed by atoms with van der Waals surface area (Å²) in [5, 5.41) is 6.01. The SMILES string of the molecule is CC(C)CN=C(N)NCC1CC(=O)Nc2ccccc21.I. The Morgan fingerprint density at radius 3 is 2.90 bits per heavy atom. The van der Waals surface area contributed by atoms with E-state index in [1.54, 1.807) is 0 Å². The molecule has 1 amide bonds. The van der Waals surface area contributed by atoms with E-state index in [0.717, 1.165) is 11.3 Å². The second-order valence-electron chi connectivity index (χ2n) is 5.54. The van der Waals surface area contributed by atoms with E-state index >= 15 is 0 Å². The molecule has 0 fully saturated rings. The molecule has 21 heavy (non-hydrogen) atoms. The molecule has 0 radical (unpaired) electrons. The Morgan fingerprint density at radius 1 is 1.48 bits per heavy atom. The third-order valence-corrected chi connectivity index (χ3v) is 3.26. The number of guanidine groups is 1. The van der Waals surface area contributed by atoms with Gasteiger partial charge in [0.05, 0.1) is 0 Å². The number of benzene rings is 1. The normalized spacial score (nSPS) is 17.8. The van der Waals surface area contributed by atoms with Crippen molar-refractivity contribution in [3.63, 3.8) is 0 Å². The number of fused-ring (bicyclic) bond motifs is 1. The fourth-order valence-electron chi connectivity index (χ4n) is 2.25. The third-order valence-electron chi connectivity index (χ3n) is 3.26. The van der Waals surface area contributed by atoms with Crippen LogP contribution >= 0.6 is 24.0 Å². The van der Waals surface area contributed by atoms with E-state index in [0.29, 0.717) is 31.4 Å². The molecule has 0 saturated carbocycles. The smallest absolute Gasteiger partial charge is 0.225 e. The predicted molar refractivity (Wildman–Crippen MR) is 97.2 cm³/mol. The van der Waals surface area contributed by atoms with Crippen LogP contribution in [0.5, 0.6) is 0 Å². The number of nitrogens with two attached hydrogens (primary N) is 1. The topological polar surface area (TPSA) is 79.5 Å². The van der Waals surface area contributed by atoms with Crippen molar-refractivity contribution in [1.82, 2.24) is 5.32 Å². The Balaban J connectivity index is 0.00000220. The summed E-state index contributed by atoms with van der Waals surface area (Å²) in [5.41, 5.74) is 7.88. The number of nitrogens with zero attached hydrogens (tertiary/aromatic N) is 1. The van der Waals surface area contributed by atoms with Gasteiger partial charge in [0.25, 0.3) is 0 Å². The Kier molecular flexibility index (Phi) is 6.94. The standard InChI is InChI=1S/C15H22N4O.HI/c1-10(2)8-17-15(16)18-9-11-7-14(20)19-13-6-4-3-5-12(11)13;/h3-6,10-11H,7-9H2,1-2H3,(H,19,20)(H3,16,17,18);1H. The number of carbonyl (C=O) groups is 1. The maximum atomic E-state index is 11.7. The van der Waals surface area contributed by atoms with E-state index in [1.807, 2.05) is 24.3 Å². The van der Waals surface area contributed by atoms with Crippen LogP contribution in [0, 0.1) is 5.92 Å². The van der Waals surface area contributed by atoms with Crippen LogP contribution < -0.4 is 16.4 Å². The van der Waals surface area contributed by atoms with Gasteiger partial charge in [-0.25, -0.2) is 0 Å². The number of rotatable bonds is 4. The molecule has 0 spiro atoms. The van der Waals surface area contributed by atoms with Crippen molar-refractivity contribution in [2.24, 2.45) is 16.6 Å². The number of para-hydroxylation sites is 1. The first-order valence-electron chi connectivity index (χ1n) is 6.99. The van der Waals surface area contributed by atoms with E-state index in [1.165, 1.54) is 0 Å². The average molecular weight is 402 g/mol. The van der Waals surface area contributed by atoms with Crippen molar-refractivity contribution in [3.8, 4) is 0 Å². The average Bonchev–Trinajstić information content (AvgIpc) is 2.42. The maximum absolute atomic E-state index is 11.7. The van der Waals surface area contributed by atoms with Gasteiger partial charge in [0.15, 0.2) is 5.96 Å². The Labute approximate surface area is 142 Å². The number of aliphatic imine (C=N–C) groups is 1. The first-order chi connectivity index (χ1) is 9.56. The number of carbonyl (C=O) groups excluding carboxylic acids is 1. The molecule has 0 saturated heterocycles.